The predicted octanol–water partition coefficient (Wildman–Crippen LogP) is 4.17. The summed E-state index contributed by atoms with van der Waals surface area (Å²) in [6.45, 7) is 4.56. The quantitative estimate of drug-likeness (QED) is 0.490. The summed E-state index contributed by atoms with van der Waals surface area (Å²) in [5.74, 6) is -1.37. The summed E-state index contributed by atoms with van der Waals surface area (Å²) in [4.78, 5) is 36.6. The van der Waals surface area contributed by atoms with E-state index in [4.69, 9.17) is 9.84 Å². The summed E-state index contributed by atoms with van der Waals surface area (Å²) in [6.07, 6.45) is 1.14. The number of carboxylic acid groups (broad SMARTS) is 1. The number of nitrogens with one attached hydrogen (secondary N) is 2. The van der Waals surface area contributed by atoms with Crippen LogP contribution in [-0.4, -0.2) is 42.8 Å². The molecule has 7 heteroatoms. The van der Waals surface area contributed by atoms with Crippen molar-refractivity contribution in [2.45, 2.75) is 39.0 Å². The van der Waals surface area contributed by atoms with E-state index in [2.05, 4.69) is 34.9 Å². The van der Waals surface area contributed by atoms with E-state index in [1.807, 2.05) is 38.1 Å². The Morgan fingerprint density at radius 1 is 0.971 bits per heavy atom. The maximum Gasteiger partial charge on any atom is 0.407 e. The number of rotatable bonds is 10. The minimum Gasteiger partial charge on any atom is -0.481 e. The molecular weight excluding hydrogens is 432 g/mol. The van der Waals surface area contributed by atoms with E-state index in [1.165, 1.54) is 11.1 Å². The number of carbonyl (C=O) groups excluding carboxylic acids is 2. The van der Waals surface area contributed by atoms with Crippen LogP contribution in [0.1, 0.15) is 50.2 Å². The number of fused-ring (bicyclic) bond motifs is 3. The first-order chi connectivity index (χ1) is 16.4. The van der Waals surface area contributed by atoms with Crippen LogP contribution in [0, 0.1) is 17.3 Å². The van der Waals surface area contributed by atoms with Gasteiger partial charge in [-0.05, 0) is 47.4 Å². The summed E-state index contributed by atoms with van der Waals surface area (Å²) >= 11 is 0. The first kappa shape index (κ1) is 23.8. The van der Waals surface area contributed by atoms with Crippen molar-refractivity contribution in [3.05, 3.63) is 59.7 Å². The standard InChI is InChI=1S/C27H32N2O5/c1-3-27(4-2,25(32)28-14-17-13-22(17)24(30)31)16-29-26(33)34-15-23-20-11-7-5-9-18(20)19-10-6-8-12-21(19)23/h5-12,17,22-23H,3-4,13-16H2,1-2H3,(H,28,32)(H,29,33)(H,30,31)/t17-,22-/m1/s1. The zero-order chi connectivity index (χ0) is 24.3. The molecule has 2 atom stereocenters. The summed E-state index contributed by atoms with van der Waals surface area (Å²) < 4.78 is 5.61. The molecule has 0 bridgehead atoms. The molecule has 2 aromatic rings. The number of ether oxygens (including phenoxy) is 1. The van der Waals surface area contributed by atoms with E-state index < -0.39 is 17.5 Å². The topological polar surface area (TPSA) is 105 Å². The van der Waals surface area contributed by atoms with Crippen LogP contribution in [0.2, 0.25) is 0 Å². The Morgan fingerprint density at radius 3 is 2.09 bits per heavy atom. The Hall–Kier alpha value is -3.35. The lowest BCUT2D eigenvalue weighted by molar-refractivity contribution is -0.139. The number of hydrogen-bond donors (Lipinski definition) is 3. The summed E-state index contributed by atoms with van der Waals surface area (Å²) in [5, 5.41) is 14.7. The van der Waals surface area contributed by atoms with Gasteiger partial charge in [0.05, 0.1) is 11.3 Å². The molecule has 4 rings (SSSR count). The zero-order valence-electron chi connectivity index (χ0n) is 19.7. The maximum absolute atomic E-state index is 12.9. The SMILES string of the molecule is CCC(CC)(CNC(=O)OCC1c2ccccc2-c2ccccc21)C(=O)NC[C@H]1C[C@H]1C(=O)O. The van der Waals surface area contributed by atoms with Crippen LogP contribution in [0.25, 0.3) is 11.1 Å². The van der Waals surface area contributed by atoms with Crippen LogP contribution in [0.4, 0.5) is 4.79 Å². The second-order valence-corrected chi connectivity index (χ2v) is 9.32. The van der Waals surface area contributed by atoms with Crippen molar-refractivity contribution in [3.8, 4) is 11.1 Å². The van der Waals surface area contributed by atoms with Gasteiger partial charge in [0.15, 0.2) is 0 Å². The maximum atomic E-state index is 12.9. The molecule has 1 fully saturated rings. The lowest BCUT2D eigenvalue weighted by Gasteiger charge is -2.30. The fraction of sp³-hybridized carbons (Fsp3) is 0.444. The van der Waals surface area contributed by atoms with Gasteiger partial charge in [-0.1, -0.05) is 62.4 Å². The second kappa shape index (κ2) is 9.87. The Morgan fingerprint density at radius 2 is 1.56 bits per heavy atom. The number of benzene rings is 2. The molecule has 0 spiro atoms. The highest BCUT2D eigenvalue weighted by Gasteiger charge is 2.44. The van der Waals surface area contributed by atoms with Crippen molar-refractivity contribution in [1.29, 1.82) is 0 Å². The van der Waals surface area contributed by atoms with Crippen molar-refractivity contribution in [2.24, 2.45) is 17.3 Å². The van der Waals surface area contributed by atoms with Gasteiger partial charge in [0.25, 0.3) is 0 Å². The first-order valence-electron chi connectivity index (χ1n) is 12.0. The van der Waals surface area contributed by atoms with Gasteiger partial charge in [0.1, 0.15) is 6.61 Å². The van der Waals surface area contributed by atoms with E-state index >= 15 is 0 Å². The molecule has 0 radical (unpaired) electrons. The average Bonchev–Trinajstić information content (AvgIpc) is 3.58. The molecule has 34 heavy (non-hydrogen) atoms. The van der Waals surface area contributed by atoms with Crippen molar-refractivity contribution in [2.75, 3.05) is 19.7 Å². The van der Waals surface area contributed by atoms with Gasteiger partial charge < -0.3 is 20.5 Å². The van der Waals surface area contributed by atoms with Gasteiger partial charge in [-0.3, -0.25) is 9.59 Å². The summed E-state index contributed by atoms with van der Waals surface area (Å²) in [6, 6.07) is 16.3. The molecule has 1 saturated carbocycles. The van der Waals surface area contributed by atoms with Crippen molar-refractivity contribution < 1.29 is 24.2 Å². The number of hydrogen-bond acceptors (Lipinski definition) is 4. The molecule has 2 aromatic carbocycles. The van der Waals surface area contributed by atoms with Crippen LogP contribution in [0.15, 0.2) is 48.5 Å². The smallest absolute Gasteiger partial charge is 0.407 e. The fourth-order valence-corrected chi connectivity index (χ4v) is 4.98. The average molecular weight is 465 g/mol. The third-order valence-electron chi connectivity index (χ3n) is 7.51. The molecule has 0 unspecified atom stereocenters. The van der Waals surface area contributed by atoms with Gasteiger partial charge in [-0.15, -0.1) is 0 Å². The Bertz CT molecular complexity index is 1030. The summed E-state index contributed by atoms with van der Waals surface area (Å²) in [7, 11) is 0. The Balaban J connectivity index is 1.32. The van der Waals surface area contributed by atoms with Gasteiger partial charge >= 0.3 is 12.1 Å². The molecule has 0 aromatic heterocycles. The van der Waals surface area contributed by atoms with Gasteiger partial charge in [0, 0.05) is 19.0 Å². The monoisotopic (exact) mass is 464 g/mol. The molecule has 180 valence electrons. The number of amides is 2. The molecular formula is C27H32N2O5. The molecule has 2 aliphatic carbocycles. The second-order valence-electron chi connectivity index (χ2n) is 9.32. The Kier molecular flexibility index (Phi) is 6.91. The van der Waals surface area contributed by atoms with E-state index in [9.17, 15) is 14.4 Å². The lowest BCUT2D eigenvalue weighted by atomic mass is 9.81. The molecule has 2 amide bonds. The van der Waals surface area contributed by atoms with E-state index in [-0.39, 0.29) is 36.8 Å². The Labute approximate surface area is 199 Å². The van der Waals surface area contributed by atoms with Crippen LogP contribution in [0.3, 0.4) is 0 Å². The van der Waals surface area contributed by atoms with Gasteiger partial charge in [0.2, 0.25) is 5.91 Å². The highest BCUT2D eigenvalue weighted by molar-refractivity contribution is 5.84. The largest absolute Gasteiger partial charge is 0.481 e. The van der Waals surface area contributed by atoms with Crippen LogP contribution < -0.4 is 10.6 Å². The highest BCUT2D eigenvalue weighted by atomic mass is 16.5. The first-order valence-corrected chi connectivity index (χ1v) is 12.0. The third kappa shape index (κ3) is 4.65. The van der Waals surface area contributed by atoms with E-state index in [1.54, 1.807) is 0 Å². The minimum absolute atomic E-state index is 0.0112. The van der Waals surface area contributed by atoms with Crippen LogP contribution in [0.5, 0.6) is 0 Å². The molecule has 0 saturated heterocycles. The van der Waals surface area contributed by atoms with Gasteiger partial charge in [-0.2, -0.15) is 0 Å². The van der Waals surface area contributed by atoms with Gasteiger partial charge in [-0.25, -0.2) is 4.79 Å². The number of carbonyl (C=O) groups is 3. The van der Waals surface area contributed by atoms with E-state index in [0.717, 1.165) is 11.1 Å². The number of aliphatic carboxylic acids is 1. The normalized spacial score (nSPS) is 18.5. The number of carboxylic acids is 1. The zero-order valence-corrected chi connectivity index (χ0v) is 19.7. The predicted molar refractivity (Wildman–Crippen MR) is 128 cm³/mol. The van der Waals surface area contributed by atoms with Crippen molar-refractivity contribution in [3.63, 3.8) is 0 Å². The van der Waals surface area contributed by atoms with Crippen LogP contribution >= 0.6 is 0 Å². The highest BCUT2D eigenvalue weighted by Crippen LogP contribution is 2.44. The van der Waals surface area contributed by atoms with Crippen LogP contribution in [-0.2, 0) is 14.3 Å². The number of alkyl carbamates (subject to hydrolysis) is 1. The molecule has 7 nitrogen and oxygen atoms in total. The fourth-order valence-electron chi connectivity index (χ4n) is 4.98. The summed E-state index contributed by atoms with van der Waals surface area (Å²) in [5.41, 5.74) is 3.86. The van der Waals surface area contributed by atoms with Crippen molar-refractivity contribution in [1.82, 2.24) is 10.6 Å². The third-order valence-corrected chi connectivity index (χ3v) is 7.51. The lowest BCUT2D eigenvalue weighted by Crippen LogP contribution is -2.48. The molecule has 0 aliphatic heterocycles. The molecule has 0 heterocycles. The molecule has 2 aliphatic rings. The molecule has 3 N–H and O–H groups in total. The minimum atomic E-state index is -0.812. The van der Waals surface area contributed by atoms with Crippen molar-refractivity contribution >= 4 is 18.0 Å². The van der Waals surface area contributed by atoms with E-state index in [0.29, 0.717) is 25.8 Å².